The van der Waals surface area contributed by atoms with Crippen LogP contribution in [0, 0.1) is 0 Å². The first-order valence-electron chi connectivity index (χ1n) is 9.79. The van der Waals surface area contributed by atoms with Gasteiger partial charge in [0.05, 0.1) is 0 Å². The van der Waals surface area contributed by atoms with Crippen LogP contribution in [-0.4, -0.2) is 23.2 Å². The van der Waals surface area contributed by atoms with Crippen LogP contribution in [0.2, 0.25) is 0 Å². The smallest absolute Gasteiger partial charge is 0.303 e. The molecule has 3 rings (SSSR count). The molecule has 2 aromatic rings. The van der Waals surface area contributed by atoms with E-state index in [0.717, 1.165) is 12.8 Å². The summed E-state index contributed by atoms with van der Waals surface area (Å²) < 4.78 is 0. The van der Waals surface area contributed by atoms with Gasteiger partial charge in [-0.15, -0.1) is 0 Å². The van der Waals surface area contributed by atoms with Gasteiger partial charge in [0.1, 0.15) is 0 Å². The van der Waals surface area contributed by atoms with Crippen LogP contribution in [-0.2, 0) is 11.2 Å². The van der Waals surface area contributed by atoms with Gasteiger partial charge in [0.2, 0.25) is 0 Å². The molecule has 0 bridgehead atoms. The highest BCUT2D eigenvalue weighted by molar-refractivity contribution is 5.66. The van der Waals surface area contributed by atoms with Crippen molar-refractivity contribution in [3.63, 3.8) is 0 Å². The summed E-state index contributed by atoms with van der Waals surface area (Å²) in [6, 6.07) is 21.8. The number of benzene rings is 2. The van der Waals surface area contributed by atoms with Gasteiger partial charge in [0.15, 0.2) is 0 Å². The van der Waals surface area contributed by atoms with E-state index in [-0.39, 0.29) is 12.5 Å². The fourth-order valence-corrected chi connectivity index (χ4v) is 4.17. The summed E-state index contributed by atoms with van der Waals surface area (Å²) >= 11 is 0. The molecule has 2 N–H and O–H groups in total. The number of aliphatic carboxylic acids is 1. The number of carboxylic acids is 1. The molecule has 138 valence electrons. The summed E-state index contributed by atoms with van der Waals surface area (Å²) in [5, 5.41) is 13.0. The van der Waals surface area contributed by atoms with E-state index >= 15 is 0 Å². The van der Waals surface area contributed by atoms with Crippen LogP contribution >= 0.6 is 0 Å². The van der Waals surface area contributed by atoms with Crippen LogP contribution in [0.5, 0.6) is 0 Å². The lowest BCUT2D eigenvalue weighted by molar-refractivity contribution is -0.137. The molecule has 0 radical (unpaired) electrons. The van der Waals surface area contributed by atoms with Crippen molar-refractivity contribution in [2.24, 2.45) is 0 Å². The first-order valence-corrected chi connectivity index (χ1v) is 9.79. The van der Waals surface area contributed by atoms with Crippen molar-refractivity contribution in [3.8, 4) is 0 Å². The van der Waals surface area contributed by atoms with Crippen molar-refractivity contribution >= 4 is 5.97 Å². The highest BCUT2D eigenvalue weighted by Crippen LogP contribution is 2.33. The maximum absolute atomic E-state index is 11.1. The first-order chi connectivity index (χ1) is 12.7. The zero-order valence-electron chi connectivity index (χ0n) is 15.3. The molecule has 1 aliphatic rings. The molecule has 3 nitrogen and oxygen atoms in total. The minimum Gasteiger partial charge on any atom is -0.481 e. The third-order valence-corrected chi connectivity index (χ3v) is 5.48. The second-order valence-electron chi connectivity index (χ2n) is 7.39. The molecule has 0 spiro atoms. The summed E-state index contributed by atoms with van der Waals surface area (Å²) in [6.07, 6.45) is 6.66. The zero-order chi connectivity index (χ0) is 18.2. The Bertz CT molecular complexity index is 671. The Morgan fingerprint density at radius 2 is 1.65 bits per heavy atom. The number of carbonyl (C=O) groups is 1. The average molecular weight is 351 g/mol. The molecule has 1 aliphatic carbocycles. The fourth-order valence-electron chi connectivity index (χ4n) is 4.17. The van der Waals surface area contributed by atoms with Crippen LogP contribution in [0.4, 0.5) is 0 Å². The van der Waals surface area contributed by atoms with Gasteiger partial charge < -0.3 is 10.4 Å². The average Bonchev–Trinajstić information content (AvgIpc) is 2.68. The highest BCUT2D eigenvalue weighted by atomic mass is 16.4. The second kappa shape index (κ2) is 9.54. The van der Waals surface area contributed by atoms with E-state index in [9.17, 15) is 4.79 Å². The number of rotatable bonds is 8. The minimum absolute atomic E-state index is 0.197. The van der Waals surface area contributed by atoms with Gasteiger partial charge in [-0.2, -0.15) is 0 Å². The lowest BCUT2D eigenvalue weighted by atomic mass is 9.79. The van der Waals surface area contributed by atoms with Crippen molar-refractivity contribution < 1.29 is 9.90 Å². The largest absolute Gasteiger partial charge is 0.481 e. The molecule has 1 fully saturated rings. The molecule has 3 unspecified atom stereocenters. The van der Waals surface area contributed by atoms with E-state index in [4.69, 9.17) is 5.11 Å². The Morgan fingerprint density at radius 3 is 2.35 bits per heavy atom. The van der Waals surface area contributed by atoms with E-state index in [2.05, 4.69) is 59.9 Å². The maximum Gasteiger partial charge on any atom is 0.303 e. The molecule has 1 saturated carbocycles. The number of nitrogens with one attached hydrogen (secondary N) is 1. The quantitative estimate of drug-likeness (QED) is 0.720. The molecule has 3 atom stereocenters. The fraction of sp³-hybridized carbons (Fsp3) is 0.435. The van der Waals surface area contributed by atoms with Crippen molar-refractivity contribution in [2.45, 2.75) is 62.9 Å². The molecule has 0 aromatic heterocycles. The van der Waals surface area contributed by atoms with Crippen LogP contribution in [0.15, 0.2) is 60.7 Å². The number of carboxylic acid groups (broad SMARTS) is 1. The highest BCUT2D eigenvalue weighted by Gasteiger charge is 2.28. The predicted molar refractivity (Wildman–Crippen MR) is 105 cm³/mol. The van der Waals surface area contributed by atoms with Crippen molar-refractivity contribution in [2.75, 3.05) is 0 Å². The topological polar surface area (TPSA) is 49.3 Å². The van der Waals surface area contributed by atoms with Gasteiger partial charge in [-0.3, -0.25) is 4.79 Å². The van der Waals surface area contributed by atoms with Gasteiger partial charge in [0, 0.05) is 18.5 Å². The molecule has 26 heavy (non-hydrogen) atoms. The second-order valence-corrected chi connectivity index (χ2v) is 7.39. The van der Waals surface area contributed by atoms with Crippen LogP contribution in [0.3, 0.4) is 0 Å². The molecule has 0 aliphatic heterocycles. The lowest BCUT2D eigenvalue weighted by Crippen LogP contribution is -2.44. The van der Waals surface area contributed by atoms with E-state index in [0.29, 0.717) is 18.4 Å². The molecular formula is C23H29NO2. The van der Waals surface area contributed by atoms with Gasteiger partial charge in [-0.25, -0.2) is 0 Å². The van der Waals surface area contributed by atoms with E-state index in [1.165, 1.54) is 30.4 Å². The molecule has 0 amide bonds. The van der Waals surface area contributed by atoms with Crippen molar-refractivity contribution in [1.82, 2.24) is 5.32 Å². The molecule has 2 aromatic carbocycles. The van der Waals surface area contributed by atoms with Crippen molar-refractivity contribution in [3.05, 3.63) is 71.8 Å². The molecule has 3 heteroatoms. The van der Waals surface area contributed by atoms with Crippen LogP contribution < -0.4 is 5.32 Å². The molecular weight excluding hydrogens is 322 g/mol. The summed E-state index contributed by atoms with van der Waals surface area (Å²) in [4.78, 5) is 11.1. The molecule has 0 saturated heterocycles. The van der Waals surface area contributed by atoms with E-state index in [1.54, 1.807) is 0 Å². The van der Waals surface area contributed by atoms with Crippen LogP contribution in [0.1, 0.15) is 55.6 Å². The monoisotopic (exact) mass is 351 g/mol. The maximum atomic E-state index is 11.1. The molecule has 0 heterocycles. The Morgan fingerprint density at radius 1 is 1.00 bits per heavy atom. The summed E-state index contributed by atoms with van der Waals surface area (Å²) in [7, 11) is 0. The van der Waals surface area contributed by atoms with E-state index in [1.807, 2.05) is 6.07 Å². The Balaban J connectivity index is 1.71. The lowest BCUT2D eigenvalue weighted by Gasteiger charge is -2.36. The summed E-state index contributed by atoms with van der Waals surface area (Å²) in [5.41, 5.74) is 2.67. The van der Waals surface area contributed by atoms with Gasteiger partial charge >= 0.3 is 5.97 Å². The number of hydrogen-bond donors (Lipinski definition) is 2. The normalized spacial score (nSPS) is 21.2. The Labute approximate surface area is 156 Å². The van der Waals surface area contributed by atoms with Gasteiger partial charge in [0.25, 0.3) is 0 Å². The third-order valence-electron chi connectivity index (χ3n) is 5.48. The van der Waals surface area contributed by atoms with Gasteiger partial charge in [-0.1, -0.05) is 73.5 Å². The van der Waals surface area contributed by atoms with E-state index < -0.39 is 5.97 Å². The summed E-state index contributed by atoms with van der Waals surface area (Å²) in [6.45, 7) is 0. The minimum atomic E-state index is -0.715. The Kier molecular flexibility index (Phi) is 6.84. The predicted octanol–water partition coefficient (Wildman–Crippen LogP) is 4.78. The first kappa shape index (κ1) is 18.7. The SMILES string of the molecule is O=C(O)CCC(Cc1ccccc1)NC1CCCCC1c1ccccc1. The third kappa shape index (κ3) is 5.43. The van der Waals surface area contributed by atoms with Crippen LogP contribution in [0.25, 0.3) is 0 Å². The zero-order valence-corrected chi connectivity index (χ0v) is 15.3. The Hall–Kier alpha value is -2.13. The standard InChI is InChI=1S/C23H29NO2/c25-23(26)16-15-20(17-18-9-3-1-4-10-18)24-22-14-8-7-13-21(22)19-11-5-2-6-12-19/h1-6,9-12,20-22,24H,7-8,13-17H2,(H,25,26). The van der Waals surface area contributed by atoms with Gasteiger partial charge in [-0.05, 0) is 42.7 Å². The number of hydrogen-bond acceptors (Lipinski definition) is 2. The van der Waals surface area contributed by atoms with Crippen molar-refractivity contribution in [1.29, 1.82) is 0 Å². The summed E-state index contributed by atoms with van der Waals surface area (Å²) in [5.74, 6) is -0.193.